The largest absolute Gasteiger partial charge is 0.402 e. The molecule has 0 radical (unpaired) electrons. The molecule has 3 aromatic carbocycles. The van der Waals surface area contributed by atoms with Crippen LogP contribution >= 0.6 is 43.5 Å². The summed E-state index contributed by atoms with van der Waals surface area (Å²) in [6, 6.07) is 27.5. The zero-order chi connectivity index (χ0) is 35.9. The van der Waals surface area contributed by atoms with Crippen LogP contribution in [-0.2, 0) is 22.1 Å². The monoisotopic (exact) mass is 848 g/mol. The maximum absolute atomic E-state index is 14.1. The third-order valence-electron chi connectivity index (χ3n) is 11.6. The first-order valence-electron chi connectivity index (χ1n) is 18.3. The number of carbonyl (C=O) groups is 1. The molecule has 1 N–H and O–H groups in total. The van der Waals surface area contributed by atoms with Gasteiger partial charge in [0.05, 0.1) is 17.9 Å². The van der Waals surface area contributed by atoms with E-state index in [-0.39, 0.29) is 28.9 Å². The van der Waals surface area contributed by atoms with E-state index in [1.807, 2.05) is 24.4 Å². The number of nitrogens with zero attached hydrogens (tertiary/aromatic N) is 2. The smallest absolute Gasteiger partial charge is 0.261 e. The number of hydrogen-bond donors (Lipinski definition) is 1. The van der Waals surface area contributed by atoms with E-state index in [0.717, 1.165) is 45.3 Å². The van der Waals surface area contributed by atoms with E-state index in [4.69, 9.17) is 21.0 Å². The maximum Gasteiger partial charge on any atom is 0.261 e. The molecule has 1 saturated heterocycles. The Morgan fingerprint density at radius 3 is 2.14 bits per heavy atom. The number of aliphatic hydroxyl groups excluding tert-OH is 1. The van der Waals surface area contributed by atoms with Crippen LogP contribution in [0.4, 0.5) is 0 Å². The van der Waals surface area contributed by atoms with Gasteiger partial charge >= 0.3 is 0 Å². The molecule has 1 aromatic heterocycles. The number of aryl methyl sites for hydroxylation is 2. The van der Waals surface area contributed by atoms with E-state index in [0.29, 0.717) is 38.3 Å². The van der Waals surface area contributed by atoms with Crippen LogP contribution in [0.5, 0.6) is 0 Å². The fourth-order valence-corrected chi connectivity index (χ4v) is 15.4. The highest BCUT2D eigenvalue weighted by Crippen LogP contribution is 2.47. The lowest BCUT2D eigenvalue weighted by Gasteiger charge is -2.47. The number of halogens is 3. The first-order valence-corrected chi connectivity index (χ1v) is 22.2. The molecule has 0 bridgehead atoms. The highest BCUT2D eigenvalue weighted by Gasteiger charge is 2.53. The summed E-state index contributed by atoms with van der Waals surface area (Å²) >= 11 is 14.1. The molecule has 0 spiro atoms. The number of aromatic nitrogens is 1. The molecule has 5 nitrogen and oxygen atoms in total. The Labute approximate surface area is 325 Å². The number of fused-ring (bicyclic) bond motifs is 2. The topological polar surface area (TPSA) is 62.7 Å². The van der Waals surface area contributed by atoms with Gasteiger partial charge in [0.25, 0.3) is 8.32 Å². The third kappa shape index (κ3) is 7.30. The van der Waals surface area contributed by atoms with E-state index < -0.39 is 14.4 Å². The number of pyridine rings is 1. The molecule has 4 atom stereocenters. The van der Waals surface area contributed by atoms with Crippen LogP contribution in [0.1, 0.15) is 81.2 Å². The second-order valence-corrected chi connectivity index (χ2v) is 22.2. The van der Waals surface area contributed by atoms with Crippen molar-refractivity contribution < 1.29 is 14.3 Å². The number of piperidine rings is 1. The van der Waals surface area contributed by atoms with Crippen molar-refractivity contribution >= 4 is 68.1 Å². The Bertz CT molecular complexity index is 1820. The molecule has 1 saturated carbocycles. The number of benzene rings is 3. The van der Waals surface area contributed by atoms with Gasteiger partial charge in [0.1, 0.15) is 0 Å². The summed E-state index contributed by atoms with van der Waals surface area (Å²) in [6.45, 7) is 8.21. The molecule has 2 heterocycles. The molecule has 1 aliphatic heterocycles. The van der Waals surface area contributed by atoms with Crippen molar-refractivity contribution in [3.63, 3.8) is 0 Å². The van der Waals surface area contributed by atoms with Crippen LogP contribution in [0.25, 0.3) is 0 Å². The lowest BCUT2D eigenvalue weighted by atomic mass is 9.76. The molecule has 51 heavy (non-hydrogen) atoms. The second-order valence-electron chi connectivity index (χ2n) is 15.7. The molecular weight excluding hydrogens is 804 g/mol. The Kier molecular flexibility index (Phi) is 11.0. The first-order chi connectivity index (χ1) is 24.5. The summed E-state index contributed by atoms with van der Waals surface area (Å²) in [6.07, 6.45) is 6.31. The molecule has 7 rings (SSSR count). The van der Waals surface area contributed by atoms with Crippen LogP contribution in [0.15, 0.2) is 94.0 Å². The average Bonchev–Trinajstić information content (AvgIpc) is 3.28. The van der Waals surface area contributed by atoms with Crippen LogP contribution in [0.3, 0.4) is 0 Å². The normalized spacial score (nSPS) is 22.9. The fraction of sp³-hybridized carbons (Fsp3) is 0.429. The van der Waals surface area contributed by atoms with E-state index in [1.54, 1.807) is 0 Å². The van der Waals surface area contributed by atoms with Crippen molar-refractivity contribution in [3.8, 4) is 0 Å². The standard InChI is InChI=1S/C42H47Br2ClN2O3Si/c1-42(2,3)51(33-10-6-4-7-11-33,34-12-8-5-9-13-34)50-37-17-16-30(24-36(37)48)41(49)47-20-18-27(19-21-47)39-38-28(23-32(45)25-35(38)44)14-15-29-22-31(43)26-46-40(29)39/h4-13,22-23,25-27,30,36-37,39,48H,14-21,24H2,1-3H3/t30?,36-,37-,39-/m1/s1. The molecule has 9 heteroatoms. The molecule has 4 aromatic rings. The van der Waals surface area contributed by atoms with Crippen molar-refractivity contribution in [2.75, 3.05) is 13.1 Å². The molecule has 1 unspecified atom stereocenters. The van der Waals surface area contributed by atoms with Gasteiger partial charge in [-0.2, -0.15) is 0 Å². The van der Waals surface area contributed by atoms with Crippen LogP contribution in [0, 0.1) is 11.8 Å². The Hall–Kier alpha value is -2.33. The Morgan fingerprint density at radius 2 is 1.53 bits per heavy atom. The fourth-order valence-electron chi connectivity index (χ4n) is 9.14. The summed E-state index contributed by atoms with van der Waals surface area (Å²) in [5, 5.41) is 14.7. The second kappa shape index (κ2) is 15.2. The molecule has 268 valence electrons. The van der Waals surface area contributed by atoms with Gasteiger partial charge in [-0.05, 0) is 117 Å². The van der Waals surface area contributed by atoms with Crippen molar-refractivity contribution in [1.29, 1.82) is 0 Å². The minimum absolute atomic E-state index is 0.130. The predicted molar refractivity (Wildman–Crippen MR) is 215 cm³/mol. The SMILES string of the molecule is CC(C)(C)[Si](O[C@@H]1CCC(C(=O)N2CCC([C@H]3c4ncc(Br)cc4CCc4cc(Cl)cc(Br)c43)CC2)C[C@H]1O)(c1ccccc1)c1ccccc1. The van der Waals surface area contributed by atoms with Crippen molar-refractivity contribution in [2.45, 2.75) is 88.9 Å². The number of likely N-dealkylation sites (tertiary alicyclic amines) is 1. The van der Waals surface area contributed by atoms with Gasteiger partial charge in [-0.25, -0.2) is 0 Å². The van der Waals surface area contributed by atoms with Gasteiger partial charge in [0, 0.05) is 45.1 Å². The van der Waals surface area contributed by atoms with E-state index in [9.17, 15) is 9.90 Å². The van der Waals surface area contributed by atoms with Gasteiger partial charge in [0.15, 0.2) is 0 Å². The summed E-state index contributed by atoms with van der Waals surface area (Å²) in [7, 11) is -2.82. The lowest BCUT2D eigenvalue weighted by molar-refractivity contribution is -0.141. The van der Waals surface area contributed by atoms with Gasteiger partial charge < -0.3 is 14.4 Å². The quantitative estimate of drug-likeness (QED) is 0.197. The average molecular weight is 851 g/mol. The minimum atomic E-state index is -2.82. The molecule has 2 fully saturated rings. The zero-order valence-corrected chi connectivity index (χ0v) is 34.6. The molecule has 3 aliphatic rings. The maximum atomic E-state index is 14.1. The summed E-state index contributed by atoms with van der Waals surface area (Å²) in [4.78, 5) is 21.2. The number of carbonyl (C=O) groups excluding carboxylic acids is 1. The minimum Gasteiger partial charge on any atom is -0.402 e. The molecular formula is C42H47Br2ClN2O3Si. The van der Waals surface area contributed by atoms with Crippen molar-refractivity contribution in [1.82, 2.24) is 9.88 Å². The number of aliphatic hydroxyl groups is 1. The third-order valence-corrected chi connectivity index (χ3v) is 18.0. The highest BCUT2D eigenvalue weighted by atomic mass is 79.9. The first kappa shape index (κ1) is 37.0. The van der Waals surface area contributed by atoms with Crippen LogP contribution in [-0.4, -0.2) is 54.5 Å². The zero-order valence-electron chi connectivity index (χ0n) is 29.6. The van der Waals surface area contributed by atoms with E-state index in [1.165, 1.54) is 27.1 Å². The Balaban J connectivity index is 1.06. The van der Waals surface area contributed by atoms with Gasteiger partial charge in [-0.3, -0.25) is 9.78 Å². The van der Waals surface area contributed by atoms with Crippen molar-refractivity contribution in [2.24, 2.45) is 11.8 Å². The molecule has 1 amide bonds. The molecule has 2 aliphatic carbocycles. The number of hydrogen-bond acceptors (Lipinski definition) is 4. The van der Waals surface area contributed by atoms with E-state index in [2.05, 4.69) is 118 Å². The van der Waals surface area contributed by atoms with Crippen LogP contribution < -0.4 is 10.4 Å². The Morgan fingerprint density at radius 1 is 0.902 bits per heavy atom. The summed E-state index contributed by atoms with van der Waals surface area (Å²) in [5.41, 5.74) is 4.99. The van der Waals surface area contributed by atoms with Gasteiger partial charge in [-0.15, -0.1) is 0 Å². The van der Waals surface area contributed by atoms with Gasteiger partial charge in [-0.1, -0.05) is 109 Å². The van der Waals surface area contributed by atoms with E-state index >= 15 is 0 Å². The number of rotatable bonds is 6. The summed E-state index contributed by atoms with van der Waals surface area (Å²) in [5.74, 6) is 0.445. The summed E-state index contributed by atoms with van der Waals surface area (Å²) < 4.78 is 9.35. The lowest BCUT2D eigenvalue weighted by Crippen LogP contribution is -2.68. The van der Waals surface area contributed by atoms with Crippen molar-refractivity contribution in [3.05, 3.63) is 121 Å². The van der Waals surface area contributed by atoms with Gasteiger partial charge in [0.2, 0.25) is 5.91 Å². The predicted octanol–water partition coefficient (Wildman–Crippen LogP) is 8.84. The number of amides is 1. The highest BCUT2D eigenvalue weighted by molar-refractivity contribution is 9.10. The van der Waals surface area contributed by atoms with Crippen LogP contribution in [0.2, 0.25) is 10.1 Å².